The van der Waals surface area contributed by atoms with Gasteiger partial charge < -0.3 is 0 Å². The number of halogens is 1. The topological polar surface area (TPSA) is 89.2 Å². The first-order chi connectivity index (χ1) is 13.3. The summed E-state index contributed by atoms with van der Waals surface area (Å²) in [4.78, 5) is 0.924. The maximum absolute atomic E-state index is 12.6. The summed E-state index contributed by atoms with van der Waals surface area (Å²) in [6, 6.07) is 12.4. The van der Waals surface area contributed by atoms with E-state index in [1.165, 1.54) is 17.4 Å². The number of hydrogen-bond acceptors (Lipinski definition) is 6. The van der Waals surface area contributed by atoms with E-state index in [0.29, 0.717) is 10.6 Å². The lowest BCUT2D eigenvalue weighted by atomic mass is 10.1. The molecule has 2 aromatic heterocycles. The maximum Gasteiger partial charge on any atom is 0.241 e. The number of fused-ring (bicyclic) bond motifs is 1. The van der Waals surface area contributed by atoms with Crippen LogP contribution in [0.4, 0.5) is 0 Å². The van der Waals surface area contributed by atoms with E-state index in [4.69, 9.17) is 11.6 Å². The van der Waals surface area contributed by atoms with Gasteiger partial charge in [-0.1, -0.05) is 53.3 Å². The van der Waals surface area contributed by atoms with E-state index < -0.39 is 10.0 Å². The largest absolute Gasteiger partial charge is 0.241 e. The van der Waals surface area contributed by atoms with Crippen molar-refractivity contribution in [1.82, 2.24) is 24.5 Å². The van der Waals surface area contributed by atoms with E-state index >= 15 is 0 Å². The molecule has 0 fully saturated rings. The quantitative estimate of drug-likeness (QED) is 0.519. The molecule has 0 radical (unpaired) electrons. The molecule has 1 N–H and O–H groups in total. The van der Waals surface area contributed by atoms with E-state index in [-0.39, 0.29) is 11.4 Å². The van der Waals surface area contributed by atoms with Gasteiger partial charge in [-0.05, 0) is 37.1 Å². The zero-order chi connectivity index (χ0) is 19.9. The van der Waals surface area contributed by atoms with Gasteiger partial charge in [0.2, 0.25) is 15.0 Å². The molecule has 4 aromatic rings. The van der Waals surface area contributed by atoms with Gasteiger partial charge in [-0.15, -0.1) is 10.2 Å². The minimum atomic E-state index is -3.65. The highest BCUT2D eigenvalue weighted by Crippen LogP contribution is 2.26. The second kappa shape index (κ2) is 7.25. The predicted molar refractivity (Wildman–Crippen MR) is 109 cm³/mol. The first-order valence-electron chi connectivity index (χ1n) is 8.37. The van der Waals surface area contributed by atoms with E-state index in [1.54, 1.807) is 23.6 Å². The van der Waals surface area contributed by atoms with E-state index in [1.807, 2.05) is 31.2 Å². The van der Waals surface area contributed by atoms with Crippen LogP contribution in [0, 0.1) is 13.8 Å². The molecule has 0 saturated heterocycles. The van der Waals surface area contributed by atoms with Crippen LogP contribution in [0.25, 0.3) is 15.5 Å². The fourth-order valence-corrected chi connectivity index (χ4v) is 5.13. The molecule has 0 aliphatic rings. The molecule has 0 aliphatic heterocycles. The Bertz CT molecular complexity index is 1260. The number of hydrogen-bond donors (Lipinski definition) is 1. The summed E-state index contributed by atoms with van der Waals surface area (Å²) >= 11 is 7.39. The van der Waals surface area contributed by atoms with Gasteiger partial charge in [0.05, 0.1) is 4.90 Å². The van der Waals surface area contributed by atoms with Crippen molar-refractivity contribution in [2.24, 2.45) is 0 Å². The predicted octanol–water partition coefficient (Wildman–Crippen LogP) is 3.60. The second-order valence-electron chi connectivity index (χ2n) is 6.28. The fraction of sp³-hybridized carbons (Fsp3) is 0.167. The lowest BCUT2D eigenvalue weighted by Gasteiger charge is -2.10. The fourth-order valence-electron chi connectivity index (χ4n) is 2.72. The molecular weight excluding hydrogens is 418 g/mol. The normalized spacial score (nSPS) is 12.0. The third-order valence-electron chi connectivity index (χ3n) is 4.25. The van der Waals surface area contributed by atoms with Crippen LogP contribution < -0.4 is 4.72 Å². The number of aryl methyl sites for hydroxylation is 2. The maximum atomic E-state index is 12.6. The number of aromatic nitrogens is 4. The van der Waals surface area contributed by atoms with Crippen LogP contribution in [0.3, 0.4) is 0 Å². The van der Waals surface area contributed by atoms with Crippen molar-refractivity contribution in [2.75, 3.05) is 0 Å². The van der Waals surface area contributed by atoms with Crippen LogP contribution in [0.15, 0.2) is 47.4 Å². The molecule has 2 heterocycles. The van der Waals surface area contributed by atoms with Gasteiger partial charge in [0.15, 0.2) is 5.82 Å². The minimum absolute atomic E-state index is 0.179. The smallest absolute Gasteiger partial charge is 0.207 e. The van der Waals surface area contributed by atoms with Crippen LogP contribution in [0.5, 0.6) is 0 Å². The molecule has 144 valence electrons. The molecule has 7 nitrogen and oxygen atoms in total. The van der Waals surface area contributed by atoms with Gasteiger partial charge in [0.1, 0.15) is 5.01 Å². The Morgan fingerprint density at radius 1 is 1.11 bits per heavy atom. The second-order valence-corrected chi connectivity index (χ2v) is 9.41. The molecular formula is C18H16ClN5O2S2. The van der Waals surface area contributed by atoms with Crippen molar-refractivity contribution in [3.05, 3.63) is 64.4 Å². The summed E-state index contributed by atoms with van der Waals surface area (Å²) in [5, 5.41) is 13.8. The summed E-state index contributed by atoms with van der Waals surface area (Å²) in [7, 11) is -3.65. The molecule has 0 amide bonds. The molecule has 4 rings (SSSR count). The Labute approximate surface area is 171 Å². The lowest BCUT2D eigenvalue weighted by molar-refractivity contribution is 0.580. The highest BCUT2D eigenvalue weighted by Gasteiger charge is 2.17. The lowest BCUT2D eigenvalue weighted by Crippen LogP contribution is -2.24. The molecule has 0 atom stereocenters. The number of nitrogens with one attached hydrogen (secondary N) is 1. The number of rotatable bonds is 5. The SMILES string of the molecule is Cc1ccc(Cl)cc1S(=O)(=O)NCc1ccc(-c2nn3c(C)nnc3s2)cc1. The molecule has 0 spiro atoms. The Morgan fingerprint density at radius 3 is 2.57 bits per heavy atom. The Hall–Kier alpha value is -2.33. The van der Waals surface area contributed by atoms with E-state index in [2.05, 4.69) is 20.0 Å². The molecule has 28 heavy (non-hydrogen) atoms. The van der Waals surface area contributed by atoms with Crippen molar-refractivity contribution >= 4 is 37.9 Å². The molecule has 0 aliphatic carbocycles. The van der Waals surface area contributed by atoms with Crippen molar-refractivity contribution in [2.45, 2.75) is 25.3 Å². The van der Waals surface area contributed by atoms with E-state index in [0.717, 1.165) is 26.9 Å². The van der Waals surface area contributed by atoms with Gasteiger partial charge in [-0.2, -0.15) is 9.61 Å². The van der Waals surface area contributed by atoms with Crippen LogP contribution in [0.1, 0.15) is 17.0 Å². The summed E-state index contributed by atoms with van der Waals surface area (Å²) in [5.41, 5.74) is 2.42. The van der Waals surface area contributed by atoms with Gasteiger partial charge in [0.25, 0.3) is 0 Å². The third-order valence-corrected chi connectivity index (χ3v) is 6.98. The first kappa shape index (κ1) is 19.0. The van der Waals surface area contributed by atoms with Crippen molar-refractivity contribution < 1.29 is 8.42 Å². The van der Waals surface area contributed by atoms with Gasteiger partial charge >= 0.3 is 0 Å². The van der Waals surface area contributed by atoms with E-state index in [9.17, 15) is 8.42 Å². The van der Waals surface area contributed by atoms with Gasteiger partial charge in [0, 0.05) is 17.1 Å². The first-order valence-corrected chi connectivity index (χ1v) is 11.1. The highest BCUT2D eigenvalue weighted by atomic mass is 35.5. The van der Waals surface area contributed by atoms with Crippen LogP contribution in [0.2, 0.25) is 5.02 Å². The minimum Gasteiger partial charge on any atom is -0.207 e. The summed E-state index contributed by atoms with van der Waals surface area (Å²) in [6.45, 7) is 3.76. The zero-order valence-corrected chi connectivity index (χ0v) is 17.4. The van der Waals surface area contributed by atoms with Crippen LogP contribution >= 0.6 is 22.9 Å². The summed E-state index contributed by atoms with van der Waals surface area (Å²) < 4.78 is 29.5. The van der Waals surface area contributed by atoms with Crippen molar-refractivity contribution in [3.8, 4) is 10.6 Å². The van der Waals surface area contributed by atoms with Crippen LogP contribution in [-0.2, 0) is 16.6 Å². The average Bonchev–Trinajstić information content (AvgIpc) is 3.25. The van der Waals surface area contributed by atoms with Crippen molar-refractivity contribution in [1.29, 1.82) is 0 Å². The number of sulfonamides is 1. The summed E-state index contributed by atoms with van der Waals surface area (Å²) in [6.07, 6.45) is 0. The monoisotopic (exact) mass is 433 g/mol. The van der Waals surface area contributed by atoms with Crippen LogP contribution in [-0.4, -0.2) is 28.2 Å². The molecule has 0 unspecified atom stereocenters. The standard InChI is InChI=1S/C18H16ClN5O2S2/c1-11-3-8-15(19)9-16(11)28(25,26)20-10-13-4-6-14(7-5-13)17-23-24-12(2)21-22-18(24)27-17/h3-9,20H,10H2,1-2H3. The molecule has 0 bridgehead atoms. The molecule has 2 aromatic carbocycles. The molecule has 0 saturated carbocycles. The molecule has 10 heteroatoms. The Morgan fingerprint density at radius 2 is 1.86 bits per heavy atom. The van der Waals surface area contributed by atoms with Gasteiger partial charge in [-0.3, -0.25) is 0 Å². The zero-order valence-electron chi connectivity index (χ0n) is 15.0. The summed E-state index contributed by atoms with van der Waals surface area (Å²) in [5.74, 6) is 0.736. The highest BCUT2D eigenvalue weighted by molar-refractivity contribution is 7.89. The third kappa shape index (κ3) is 3.66. The Balaban J connectivity index is 1.50. The van der Waals surface area contributed by atoms with Gasteiger partial charge in [-0.25, -0.2) is 13.1 Å². The number of benzene rings is 2. The average molecular weight is 434 g/mol. The number of nitrogens with zero attached hydrogens (tertiary/aromatic N) is 4. The van der Waals surface area contributed by atoms with Crippen molar-refractivity contribution in [3.63, 3.8) is 0 Å². The Kier molecular flexibility index (Phi) is 4.92.